The molecule has 0 fully saturated rings. The zero-order chi connectivity index (χ0) is 13.0. The van der Waals surface area contributed by atoms with E-state index in [-0.39, 0.29) is 0 Å². The Morgan fingerprint density at radius 1 is 1.33 bits per heavy atom. The first-order valence-electron chi connectivity index (χ1n) is 5.66. The van der Waals surface area contributed by atoms with Crippen molar-refractivity contribution in [2.24, 2.45) is 0 Å². The van der Waals surface area contributed by atoms with Gasteiger partial charge in [0.05, 0.1) is 11.8 Å². The summed E-state index contributed by atoms with van der Waals surface area (Å²) in [7, 11) is 0. The van der Waals surface area contributed by atoms with E-state index in [0.29, 0.717) is 0 Å². The quantitative estimate of drug-likeness (QED) is 0.856. The number of thioether (sulfide) groups is 1. The van der Waals surface area contributed by atoms with Crippen molar-refractivity contribution >= 4 is 27.7 Å². The highest BCUT2D eigenvalue weighted by atomic mass is 79.9. The molecule has 1 atom stereocenters. The summed E-state index contributed by atoms with van der Waals surface area (Å²) in [4.78, 5) is 5.48. The number of hydrogen-bond donors (Lipinski definition) is 1. The maximum Gasteiger partial charge on any atom is 0.0762 e. The molecule has 0 saturated carbocycles. The van der Waals surface area contributed by atoms with Crippen LogP contribution in [0.2, 0.25) is 0 Å². The second-order valence-corrected chi connectivity index (χ2v) is 5.97. The predicted octanol–water partition coefficient (Wildman–Crippen LogP) is 4.19. The van der Waals surface area contributed by atoms with Crippen LogP contribution in [0.15, 0.2) is 52.0 Å². The zero-order valence-corrected chi connectivity index (χ0v) is 12.4. The Kier molecular flexibility index (Phi) is 4.80. The Labute approximate surface area is 120 Å². The molecule has 1 aromatic carbocycles. The summed E-state index contributed by atoms with van der Waals surface area (Å²) >= 11 is 5.09. The largest absolute Gasteiger partial charge is 0.389 e. The van der Waals surface area contributed by atoms with E-state index in [4.69, 9.17) is 0 Å². The van der Waals surface area contributed by atoms with E-state index in [1.54, 1.807) is 18.7 Å². The van der Waals surface area contributed by atoms with E-state index in [1.165, 1.54) is 0 Å². The number of aliphatic hydroxyl groups is 1. The van der Waals surface area contributed by atoms with Gasteiger partial charge in [0.15, 0.2) is 0 Å². The smallest absolute Gasteiger partial charge is 0.0762 e. The van der Waals surface area contributed by atoms with Gasteiger partial charge in [0.1, 0.15) is 0 Å². The predicted molar refractivity (Wildman–Crippen MR) is 78.6 cm³/mol. The van der Waals surface area contributed by atoms with Crippen molar-refractivity contribution in [2.75, 3.05) is 0 Å². The topological polar surface area (TPSA) is 33.1 Å². The Bertz CT molecular complexity index is 513. The molecule has 0 aliphatic heterocycles. The number of aliphatic hydroxyl groups excluding tert-OH is 1. The first-order valence-corrected chi connectivity index (χ1v) is 7.44. The highest BCUT2D eigenvalue weighted by Gasteiger charge is 2.03. The van der Waals surface area contributed by atoms with Gasteiger partial charge in [-0.15, -0.1) is 11.8 Å². The Hall–Kier alpha value is -0.840. The Morgan fingerprint density at radius 2 is 2.17 bits per heavy atom. The average molecular weight is 324 g/mol. The van der Waals surface area contributed by atoms with Crippen LogP contribution in [0.5, 0.6) is 0 Å². The van der Waals surface area contributed by atoms with Crippen LogP contribution in [-0.2, 0) is 5.75 Å². The maximum atomic E-state index is 9.54. The Morgan fingerprint density at radius 3 is 2.83 bits per heavy atom. The van der Waals surface area contributed by atoms with Gasteiger partial charge in [0, 0.05) is 21.3 Å². The Balaban J connectivity index is 2.01. The number of benzene rings is 1. The van der Waals surface area contributed by atoms with Gasteiger partial charge < -0.3 is 5.11 Å². The lowest BCUT2D eigenvalue weighted by Gasteiger charge is -2.07. The molecule has 0 amide bonds. The summed E-state index contributed by atoms with van der Waals surface area (Å²) in [6.45, 7) is 1.78. The lowest BCUT2D eigenvalue weighted by Crippen LogP contribution is -1.91. The fraction of sp³-hybridized carbons (Fsp3) is 0.214. The third-order valence-electron chi connectivity index (χ3n) is 2.52. The third-order valence-corrected chi connectivity index (χ3v) is 4.01. The summed E-state index contributed by atoms with van der Waals surface area (Å²) in [6.07, 6.45) is 1.39. The molecule has 2 rings (SSSR count). The molecular weight excluding hydrogens is 310 g/mol. The van der Waals surface area contributed by atoms with Gasteiger partial charge in [-0.1, -0.05) is 12.1 Å². The normalized spacial score (nSPS) is 12.4. The lowest BCUT2D eigenvalue weighted by molar-refractivity contribution is 0.199. The van der Waals surface area contributed by atoms with Crippen molar-refractivity contribution in [1.82, 2.24) is 4.98 Å². The fourth-order valence-corrected chi connectivity index (χ4v) is 2.63. The third kappa shape index (κ3) is 3.83. The minimum atomic E-state index is -0.420. The van der Waals surface area contributed by atoms with E-state index in [2.05, 4.69) is 27.0 Å². The van der Waals surface area contributed by atoms with Crippen molar-refractivity contribution in [1.29, 1.82) is 0 Å². The lowest BCUT2D eigenvalue weighted by atomic mass is 10.1. The summed E-state index contributed by atoms with van der Waals surface area (Å²) in [5.41, 5.74) is 1.99. The number of nitrogens with zero attached hydrogens (tertiary/aromatic N) is 1. The van der Waals surface area contributed by atoms with E-state index >= 15 is 0 Å². The molecule has 0 aliphatic carbocycles. The van der Waals surface area contributed by atoms with Gasteiger partial charge in [0.25, 0.3) is 0 Å². The molecule has 0 aliphatic rings. The molecule has 1 aromatic heterocycles. The van der Waals surface area contributed by atoms with Crippen LogP contribution in [-0.4, -0.2) is 10.1 Å². The first kappa shape index (κ1) is 13.6. The maximum absolute atomic E-state index is 9.54. The SMILES string of the molecule is CC(O)c1cccc(SCc2ccc(Br)cn2)c1. The molecule has 18 heavy (non-hydrogen) atoms. The van der Waals surface area contributed by atoms with Crippen LogP contribution in [0.1, 0.15) is 24.3 Å². The van der Waals surface area contributed by atoms with Crippen molar-refractivity contribution < 1.29 is 5.11 Å². The van der Waals surface area contributed by atoms with E-state index < -0.39 is 6.10 Å². The van der Waals surface area contributed by atoms with Gasteiger partial charge in [-0.3, -0.25) is 4.98 Å². The molecular formula is C14H14BrNOS. The second kappa shape index (κ2) is 6.36. The van der Waals surface area contributed by atoms with Crippen molar-refractivity contribution in [3.8, 4) is 0 Å². The summed E-state index contributed by atoms with van der Waals surface area (Å²) < 4.78 is 0.993. The molecule has 1 N–H and O–H groups in total. The van der Waals surface area contributed by atoms with Gasteiger partial charge in [-0.25, -0.2) is 0 Å². The zero-order valence-electron chi connectivity index (χ0n) is 10.0. The summed E-state index contributed by atoms with van der Waals surface area (Å²) in [6, 6.07) is 12.0. The number of pyridine rings is 1. The van der Waals surface area contributed by atoms with Crippen LogP contribution in [0.3, 0.4) is 0 Å². The van der Waals surface area contributed by atoms with Gasteiger partial charge in [0.2, 0.25) is 0 Å². The van der Waals surface area contributed by atoms with Crippen molar-refractivity contribution in [2.45, 2.75) is 23.7 Å². The van der Waals surface area contributed by atoms with Crippen LogP contribution in [0, 0.1) is 0 Å². The molecule has 94 valence electrons. The van der Waals surface area contributed by atoms with Crippen molar-refractivity contribution in [3.63, 3.8) is 0 Å². The second-order valence-electron chi connectivity index (χ2n) is 4.00. The van der Waals surface area contributed by atoms with Crippen LogP contribution < -0.4 is 0 Å². The van der Waals surface area contributed by atoms with E-state index in [9.17, 15) is 5.11 Å². The molecule has 0 spiro atoms. The molecule has 0 saturated heterocycles. The number of aromatic nitrogens is 1. The van der Waals surface area contributed by atoms with Crippen molar-refractivity contribution in [3.05, 3.63) is 58.3 Å². The number of hydrogen-bond acceptors (Lipinski definition) is 3. The highest BCUT2D eigenvalue weighted by Crippen LogP contribution is 2.25. The molecule has 0 bridgehead atoms. The first-order chi connectivity index (χ1) is 8.65. The molecule has 1 heterocycles. The highest BCUT2D eigenvalue weighted by molar-refractivity contribution is 9.10. The van der Waals surface area contributed by atoms with Crippen LogP contribution in [0.25, 0.3) is 0 Å². The van der Waals surface area contributed by atoms with Crippen LogP contribution >= 0.6 is 27.7 Å². The minimum absolute atomic E-state index is 0.420. The molecule has 1 unspecified atom stereocenters. The molecule has 2 aromatic rings. The molecule has 0 radical (unpaired) electrons. The fourth-order valence-electron chi connectivity index (χ4n) is 1.51. The number of halogens is 1. The number of rotatable bonds is 4. The van der Waals surface area contributed by atoms with Gasteiger partial charge in [-0.05, 0) is 52.7 Å². The summed E-state index contributed by atoms with van der Waals surface area (Å²) in [5, 5.41) is 9.54. The van der Waals surface area contributed by atoms with Crippen LogP contribution in [0.4, 0.5) is 0 Å². The monoisotopic (exact) mass is 323 g/mol. The van der Waals surface area contributed by atoms with Gasteiger partial charge >= 0.3 is 0 Å². The summed E-state index contributed by atoms with van der Waals surface area (Å²) in [5.74, 6) is 0.830. The minimum Gasteiger partial charge on any atom is -0.389 e. The van der Waals surface area contributed by atoms with E-state index in [1.807, 2.05) is 36.5 Å². The standard InChI is InChI=1S/C14H14BrNOS/c1-10(17)11-3-2-4-14(7-11)18-9-13-6-5-12(15)8-16-13/h2-8,10,17H,9H2,1H3. The van der Waals surface area contributed by atoms with E-state index in [0.717, 1.165) is 26.4 Å². The molecule has 2 nitrogen and oxygen atoms in total. The molecule has 4 heteroatoms. The average Bonchev–Trinajstić information content (AvgIpc) is 2.38. The van der Waals surface area contributed by atoms with Gasteiger partial charge in [-0.2, -0.15) is 0 Å².